The number of para-hydroxylation sites is 3. The summed E-state index contributed by atoms with van der Waals surface area (Å²) >= 11 is 0. The molecule has 0 aliphatic carbocycles. The highest BCUT2D eigenvalue weighted by Gasteiger charge is 2.24. The lowest BCUT2D eigenvalue weighted by Crippen LogP contribution is -2.30. The molecule has 0 spiro atoms. The molecule has 2 aromatic rings. The molecule has 1 aliphatic heterocycles. The van der Waals surface area contributed by atoms with Crippen LogP contribution in [0.4, 0.5) is 17.1 Å². The predicted molar refractivity (Wildman–Crippen MR) is 96.2 cm³/mol. The zero-order valence-corrected chi connectivity index (χ0v) is 13.7. The van der Waals surface area contributed by atoms with Gasteiger partial charge in [0, 0.05) is 25.3 Å². The Bertz CT molecular complexity index is 594. The monoisotopic (exact) mass is 294 g/mol. The molecule has 2 nitrogen and oxygen atoms in total. The van der Waals surface area contributed by atoms with Crippen molar-refractivity contribution in [2.45, 2.75) is 26.7 Å². The first kappa shape index (κ1) is 15.0. The van der Waals surface area contributed by atoms with E-state index in [0.29, 0.717) is 5.92 Å². The molecule has 3 rings (SSSR count). The molecule has 2 heteroatoms. The lowest BCUT2D eigenvalue weighted by atomic mass is 10.1. The van der Waals surface area contributed by atoms with Crippen LogP contribution in [0.1, 0.15) is 26.7 Å². The third-order valence-electron chi connectivity index (χ3n) is 4.39. The highest BCUT2D eigenvalue weighted by atomic mass is 15.2. The molecule has 0 N–H and O–H groups in total. The van der Waals surface area contributed by atoms with Gasteiger partial charge in [-0.05, 0) is 36.6 Å². The molecule has 1 unspecified atom stereocenters. The van der Waals surface area contributed by atoms with Crippen molar-refractivity contribution in [1.29, 1.82) is 0 Å². The van der Waals surface area contributed by atoms with Gasteiger partial charge in [0.25, 0.3) is 0 Å². The van der Waals surface area contributed by atoms with Crippen LogP contribution in [-0.4, -0.2) is 19.6 Å². The Hall–Kier alpha value is -1.96. The Morgan fingerprint density at radius 3 is 2.32 bits per heavy atom. The minimum atomic E-state index is 0.643. The summed E-state index contributed by atoms with van der Waals surface area (Å²) in [5.41, 5.74) is 4.01. The summed E-state index contributed by atoms with van der Waals surface area (Å²) in [7, 11) is 0. The highest BCUT2D eigenvalue weighted by Crippen LogP contribution is 2.37. The zero-order valence-electron chi connectivity index (χ0n) is 13.7. The molecule has 2 aromatic carbocycles. The number of hydrogen-bond donors (Lipinski definition) is 0. The van der Waals surface area contributed by atoms with E-state index in [1.807, 2.05) is 0 Å². The normalized spacial score (nSPS) is 18.0. The lowest BCUT2D eigenvalue weighted by Gasteiger charge is -2.27. The summed E-state index contributed by atoms with van der Waals surface area (Å²) in [6.07, 6.45) is 2.50. The fourth-order valence-electron chi connectivity index (χ4n) is 3.32. The zero-order chi connectivity index (χ0) is 15.4. The molecule has 1 aliphatic rings. The average Bonchev–Trinajstić information content (AvgIpc) is 2.71. The number of benzene rings is 2. The van der Waals surface area contributed by atoms with Crippen LogP contribution in [0.5, 0.6) is 0 Å². The van der Waals surface area contributed by atoms with Gasteiger partial charge in [-0.25, -0.2) is 0 Å². The molecule has 0 fully saturated rings. The van der Waals surface area contributed by atoms with Crippen molar-refractivity contribution in [1.82, 2.24) is 0 Å². The van der Waals surface area contributed by atoms with E-state index in [9.17, 15) is 0 Å². The van der Waals surface area contributed by atoms with Gasteiger partial charge >= 0.3 is 0 Å². The van der Waals surface area contributed by atoms with E-state index in [-0.39, 0.29) is 0 Å². The average molecular weight is 294 g/mol. The van der Waals surface area contributed by atoms with E-state index in [0.717, 1.165) is 19.6 Å². The van der Waals surface area contributed by atoms with Gasteiger partial charge in [0.2, 0.25) is 0 Å². The number of fused-ring (bicyclic) bond motifs is 1. The maximum Gasteiger partial charge on any atom is 0.0648 e. The van der Waals surface area contributed by atoms with Crippen molar-refractivity contribution < 1.29 is 0 Å². The molecule has 0 bridgehead atoms. The number of anilines is 3. The molecule has 0 radical (unpaired) electrons. The lowest BCUT2D eigenvalue weighted by molar-refractivity contribution is 0.569. The first-order chi connectivity index (χ1) is 10.8. The third-order valence-corrected chi connectivity index (χ3v) is 4.39. The number of nitrogens with zero attached hydrogens (tertiary/aromatic N) is 2. The molecule has 1 atom stereocenters. The second-order valence-electron chi connectivity index (χ2n) is 6.34. The van der Waals surface area contributed by atoms with Gasteiger partial charge in [-0.1, -0.05) is 50.6 Å². The number of hydrogen-bond acceptors (Lipinski definition) is 2. The standard InChI is InChI=1S/C20H26N2/c1-3-4-14-21-15-17(2)16-22(18-10-6-5-7-11-18)20-13-9-8-12-19(20)21/h5-13,17H,3-4,14-16H2,1-2H3. The van der Waals surface area contributed by atoms with Crippen LogP contribution in [0.25, 0.3) is 0 Å². The van der Waals surface area contributed by atoms with Gasteiger partial charge in [0.05, 0.1) is 11.4 Å². The first-order valence-electron chi connectivity index (χ1n) is 8.46. The maximum absolute atomic E-state index is 2.58. The quantitative estimate of drug-likeness (QED) is 0.775. The second-order valence-corrected chi connectivity index (χ2v) is 6.34. The predicted octanol–water partition coefficient (Wildman–Crippen LogP) is 5.08. The molecule has 0 aromatic heterocycles. The van der Waals surface area contributed by atoms with Gasteiger partial charge in [-0.15, -0.1) is 0 Å². The van der Waals surface area contributed by atoms with Crippen LogP contribution in [0, 0.1) is 5.92 Å². The van der Waals surface area contributed by atoms with E-state index in [1.54, 1.807) is 0 Å². The Kier molecular flexibility index (Phi) is 4.67. The van der Waals surface area contributed by atoms with Crippen molar-refractivity contribution in [2.24, 2.45) is 5.92 Å². The van der Waals surface area contributed by atoms with Crippen molar-refractivity contribution in [3.8, 4) is 0 Å². The third kappa shape index (κ3) is 3.11. The fraction of sp³-hybridized carbons (Fsp3) is 0.400. The van der Waals surface area contributed by atoms with E-state index in [2.05, 4.69) is 78.2 Å². The van der Waals surface area contributed by atoms with Gasteiger partial charge in [0.1, 0.15) is 0 Å². The van der Waals surface area contributed by atoms with Crippen LogP contribution in [0.2, 0.25) is 0 Å². The Morgan fingerprint density at radius 2 is 1.59 bits per heavy atom. The topological polar surface area (TPSA) is 6.48 Å². The largest absolute Gasteiger partial charge is 0.370 e. The second kappa shape index (κ2) is 6.87. The Labute approximate surface area is 134 Å². The highest BCUT2D eigenvalue weighted by molar-refractivity contribution is 5.78. The summed E-state index contributed by atoms with van der Waals surface area (Å²) in [6, 6.07) is 19.6. The SMILES string of the molecule is CCCCN1CC(C)CN(c2ccccc2)c2ccccc21. The van der Waals surface area contributed by atoms with Crippen LogP contribution >= 0.6 is 0 Å². The van der Waals surface area contributed by atoms with Gasteiger partial charge < -0.3 is 9.80 Å². The summed E-state index contributed by atoms with van der Waals surface area (Å²) in [6.45, 7) is 7.99. The number of unbranched alkanes of at least 4 members (excludes halogenated alkanes) is 1. The minimum Gasteiger partial charge on any atom is -0.370 e. The first-order valence-corrected chi connectivity index (χ1v) is 8.46. The van der Waals surface area contributed by atoms with Crippen molar-refractivity contribution in [3.63, 3.8) is 0 Å². The van der Waals surface area contributed by atoms with Crippen molar-refractivity contribution in [2.75, 3.05) is 29.4 Å². The van der Waals surface area contributed by atoms with Crippen LogP contribution in [0.15, 0.2) is 54.6 Å². The fourth-order valence-corrected chi connectivity index (χ4v) is 3.32. The van der Waals surface area contributed by atoms with Gasteiger partial charge in [-0.3, -0.25) is 0 Å². The van der Waals surface area contributed by atoms with Crippen molar-refractivity contribution in [3.05, 3.63) is 54.6 Å². The van der Waals surface area contributed by atoms with Gasteiger partial charge in [0.15, 0.2) is 0 Å². The molecular weight excluding hydrogens is 268 g/mol. The van der Waals surface area contributed by atoms with Crippen molar-refractivity contribution >= 4 is 17.1 Å². The van der Waals surface area contributed by atoms with E-state index in [1.165, 1.54) is 29.9 Å². The van der Waals surface area contributed by atoms with E-state index in [4.69, 9.17) is 0 Å². The summed E-state index contributed by atoms with van der Waals surface area (Å²) < 4.78 is 0. The summed E-state index contributed by atoms with van der Waals surface area (Å²) in [5, 5.41) is 0. The number of rotatable bonds is 4. The molecule has 1 heterocycles. The summed E-state index contributed by atoms with van der Waals surface area (Å²) in [5.74, 6) is 0.643. The minimum absolute atomic E-state index is 0.643. The molecule has 116 valence electrons. The molecule has 0 saturated heterocycles. The van der Waals surface area contributed by atoms with Crippen LogP contribution < -0.4 is 9.80 Å². The smallest absolute Gasteiger partial charge is 0.0648 e. The van der Waals surface area contributed by atoms with Gasteiger partial charge in [-0.2, -0.15) is 0 Å². The summed E-state index contributed by atoms with van der Waals surface area (Å²) in [4.78, 5) is 5.05. The van der Waals surface area contributed by atoms with Crippen LogP contribution in [0.3, 0.4) is 0 Å². The Balaban J connectivity index is 2.01. The molecular formula is C20H26N2. The molecule has 0 amide bonds. The maximum atomic E-state index is 2.58. The Morgan fingerprint density at radius 1 is 0.909 bits per heavy atom. The van der Waals surface area contributed by atoms with Crippen LogP contribution in [-0.2, 0) is 0 Å². The van der Waals surface area contributed by atoms with E-state index < -0.39 is 0 Å². The molecule has 22 heavy (non-hydrogen) atoms. The molecule has 0 saturated carbocycles. The van der Waals surface area contributed by atoms with E-state index >= 15 is 0 Å².